The van der Waals surface area contributed by atoms with Crippen molar-refractivity contribution in [2.75, 3.05) is 26.3 Å². The van der Waals surface area contributed by atoms with E-state index in [1.54, 1.807) is 24.3 Å². The van der Waals surface area contributed by atoms with Gasteiger partial charge in [0.2, 0.25) is 0 Å². The molecule has 0 unspecified atom stereocenters. The third-order valence-electron chi connectivity index (χ3n) is 5.26. The smallest absolute Gasteiger partial charge is 0.252 e. The first-order valence-electron chi connectivity index (χ1n) is 10.1. The van der Waals surface area contributed by atoms with Crippen LogP contribution in [0, 0.1) is 6.92 Å². The highest BCUT2D eigenvalue weighted by Crippen LogP contribution is 2.33. The van der Waals surface area contributed by atoms with Crippen LogP contribution in [0.3, 0.4) is 0 Å². The van der Waals surface area contributed by atoms with Crippen molar-refractivity contribution in [1.29, 1.82) is 0 Å². The molecule has 0 saturated carbocycles. The molecule has 31 heavy (non-hydrogen) atoms. The van der Waals surface area contributed by atoms with E-state index >= 15 is 0 Å². The van der Waals surface area contributed by atoms with Crippen molar-refractivity contribution in [3.05, 3.63) is 77.4 Å². The maximum absolute atomic E-state index is 12.9. The van der Waals surface area contributed by atoms with Gasteiger partial charge >= 0.3 is 0 Å². The van der Waals surface area contributed by atoms with Crippen LogP contribution in [0.5, 0.6) is 0 Å². The van der Waals surface area contributed by atoms with Gasteiger partial charge in [-0.1, -0.05) is 36.4 Å². The zero-order chi connectivity index (χ0) is 21.8. The largest absolute Gasteiger partial charge is 0.379 e. The van der Waals surface area contributed by atoms with E-state index in [0.717, 1.165) is 21.6 Å². The summed E-state index contributed by atoms with van der Waals surface area (Å²) < 4.78 is 32.8. The number of thiophene rings is 1. The summed E-state index contributed by atoms with van der Waals surface area (Å²) in [5, 5.41) is 2.96. The molecular weight excluding hydrogens is 432 g/mol. The van der Waals surface area contributed by atoms with Gasteiger partial charge in [0.05, 0.1) is 13.2 Å². The fraction of sp³-hybridized carbons (Fsp3) is 0.261. The summed E-state index contributed by atoms with van der Waals surface area (Å²) in [5.74, 6) is -0.164. The summed E-state index contributed by atoms with van der Waals surface area (Å²) in [7, 11) is -3.53. The lowest BCUT2D eigenvalue weighted by Crippen LogP contribution is -2.40. The molecule has 6 nitrogen and oxygen atoms in total. The van der Waals surface area contributed by atoms with Gasteiger partial charge in [-0.3, -0.25) is 4.79 Å². The van der Waals surface area contributed by atoms with Crippen LogP contribution in [-0.4, -0.2) is 44.9 Å². The van der Waals surface area contributed by atoms with Gasteiger partial charge in [0.15, 0.2) is 0 Å². The van der Waals surface area contributed by atoms with Gasteiger partial charge < -0.3 is 10.1 Å². The summed E-state index contributed by atoms with van der Waals surface area (Å²) in [6.45, 7) is 4.03. The number of amides is 1. The van der Waals surface area contributed by atoms with E-state index in [-0.39, 0.29) is 5.91 Å². The minimum absolute atomic E-state index is 0.164. The van der Waals surface area contributed by atoms with Crippen LogP contribution >= 0.6 is 11.3 Å². The average molecular weight is 457 g/mol. The summed E-state index contributed by atoms with van der Waals surface area (Å²) in [6.07, 6.45) is 0. The Morgan fingerprint density at radius 3 is 2.61 bits per heavy atom. The number of aryl methyl sites for hydroxylation is 1. The van der Waals surface area contributed by atoms with Crippen LogP contribution in [0.2, 0.25) is 0 Å². The highest BCUT2D eigenvalue weighted by Gasteiger charge is 2.27. The molecule has 0 bridgehead atoms. The Balaban J connectivity index is 1.49. The molecule has 1 aromatic heterocycles. The molecule has 4 rings (SSSR count). The van der Waals surface area contributed by atoms with Gasteiger partial charge in [0.25, 0.3) is 15.9 Å². The minimum Gasteiger partial charge on any atom is -0.379 e. The van der Waals surface area contributed by atoms with Crippen molar-refractivity contribution in [2.45, 2.75) is 17.7 Å². The SMILES string of the molecule is Cc1ccccc1CNC(=O)c1cccc(-c2ccc(S(=O)(=O)N3CCOCC3)s2)c1. The number of morpholine rings is 1. The Hall–Kier alpha value is -2.52. The molecule has 0 radical (unpaired) electrons. The molecule has 1 aliphatic rings. The maximum Gasteiger partial charge on any atom is 0.252 e. The highest BCUT2D eigenvalue weighted by atomic mass is 32.2. The van der Waals surface area contributed by atoms with Gasteiger partial charge in [-0.2, -0.15) is 4.31 Å². The summed E-state index contributed by atoms with van der Waals surface area (Å²) in [4.78, 5) is 13.5. The number of carbonyl (C=O) groups excluding carboxylic acids is 1. The number of hydrogen-bond acceptors (Lipinski definition) is 5. The van der Waals surface area contributed by atoms with Crippen molar-refractivity contribution < 1.29 is 17.9 Å². The monoisotopic (exact) mass is 456 g/mol. The molecule has 1 aliphatic heterocycles. The third-order valence-corrected chi connectivity index (χ3v) is 8.76. The van der Waals surface area contributed by atoms with E-state index in [9.17, 15) is 13.2 Å². The number of sulfonamides is 1. The van der Waals surface area contributed by atoms with Crippen molar-refractivity contribution in [2.24, 2.45) is 0 Å². The lowest BCUT2D eigenvalue weighted by atomic mass is 10.1. The van der Waals surface area contributed by atoms with Crippen LogP contribution in [0.1, 0.15) is 21.5 Å². The van der Waals surface area contributed by atoms with Crippen LogP contribution in [0.4, 0.5) is 0 Å². The molecule has 2 aromatic carbocycles. The Morgan fingerprint density at radius 1 is 1.06 bits per heavy atom. The number of ether oxygens (including phenoxy) is 1. The number of nitrogens with one attached hydrogen (secondary N) is 1. The first-order chi connectivity index (χ1) is 14.9. The van der Waals surface area contributed by atoms with E-state index in [1.165, 1.54) is 15.6 Å². The molecule has 3 aromatic rings. The van der Waals surface area contributed by atoms with Crippen molar-refractivity contribution in [3.63, 3.8) is 0 Å². The van der Waals surface area contributed by atoms with E-state index in [1.807, 2.05) is 43.3 Å². The normalized spacial score (nSPS) is 15.0. The van der Waals surface area contributed by atoms with Crippen LogP contribution in [0.15, 0.2) is 64.9 Å². The lowest BCUT2D eigenvalue weighted by molar-refractivity contribution is 0.0731. The number of nitrogens with zero attached hydrogens (tertiary/aromatic N) is 1. The van der Waals surface area contributed by atoms with Crippen molar-refractivity contribution in [1.82, 2.24) is 9.62 Å². The Bertz CT molecular complexity index is 1180. The summed E-state index contributed by atoms with van der Waals surface area (Å²) >= 11 is 1.22. The van der Waals surface area contributed by atoms with Crippen LogP contribution in [0.25, 0.3) is 10.4 Å². The fourth-order valence-electron chi connectivity index (χ4n) is 3.43. The molecule has 162 valence electrons. The molecule has 2 heterocycles. The predicted octanol–water partition coefficient (Wildman–Crippen LogP) is 3.67. The number of hydrogen-bond donors (Lipinski definition) is 1. The second-order valence-corrected chi connectivity index (χ2v) is 10.6. The second kappa shape index (κ2) is 9.32. The van der Waals surface area contributed by atoms with Crippen LogP contribution in [-0.2, 0) is 21.3 Å². The van der Waals surface area contributed by atoms with Crippen LogP contribution < -0.4 is 5.32 Å². The standard InChI is InChI=1S/C23H24N2O4S2/c1-17-5-2-3-6-20(17)16-24-23(26)19-8-4-7-18(15-19)21-9-10-22(30-21)31(27,28)25-11-13-29-14-12-25/h2-10,15H,11-14,16H2,1H3,(H,24,26). The number of rotatable bonds is 6. The quantitative estimate of drug-likeness (QED) is 0.614. The minimum atomic E-state index is -3.53. The molecule has 8 heteroatoms. The maximum atomic E-state index is 12.9. The van der Waals surface area contributed by atoms with E-state index in [2.05, 4.69) is 5.32 Å². The van der Waals surface area contributed by atoms with Gasteiger partial charge in [-0.15, -0.1) is 11.3 Å². The molecule has 1 N–H and O–H groups in total. The Labute approximate surface area is 186 Å². The Morgan fingerprint density at radius 2 is 1.84 bits per heavy atom. The van der Waals surface area contributed by atoms with Gasteiger partial charge in [0.1, 0.15) is 4.21 Å². The fourth-order valence-corrected chi connectivity index (χ4v) is 6.29. The highest BCUT2D eigenvalue weighted by molar-refractivity contribution is 7.91. The molecular formula is C23H24N2O4S2. The first-order valence-corrected chi connectivity index (χ1v) is 12.3. The topological polar surface area (TPSA) is 75.7 Å². The number of carbonyl (C=O) groups is 1. The van der Waals surface area contributed by atoms with E-state index < -0.39 is 10.0 Å². The lowest BCUT2D eigenvalue weighted by Gasteiger charge is -2.25. The van der Waals surface area contributed by atoms with Crippen molar-refractivity contribution in [3.8, 4) is 10.4 Å². The second-order valence-electron chi connectivity index (χ2n) is 7.33. The predicted molar refractivity (Wildman–Crippen MR) is 122 cm³/mol. The summed E-state index contributed by atoms with van der Waals surface area (Å²) in [6, 6.07) is 18.6. The third kappa shape index (κ3) is 4.88. The van der Waals surface area contributed by atoms with E-state index in [0.29, 0.717) is 42.6 Å². The molecule has 1 saturated heterocycles. The zero-order valence-corrected chi connectivity index (χ0v) is 18.8. The molecule has 0 atom stereocenters. The van der Waals surface area contributed by atoms with Gasteiger partial charge in [0, 0.05) is 30.1 Å². The van der Waals surface area contributed by atoms with Gasteiger partial charge in [-0.05, 0) is 47.9 Å². The van der Waals surface area contributed by atoms with Crippen molar-refractivity contribution >= 4 is 27.3 Å². The van der Waals surface area contributed by atoms with Gasteiger partial charge in [-0.25, -0.2) is 8.42 Å². The Kier molecular flexibility index (Phi) is 6.52. The molecule has 1 amide bonds. The molecule has 1 fully saturated rings. The molecule has 0 aliphatic carbocycles. The average Bonchev–Trinajstić information content (AvgIpc) is 3.30. The zero-order valence-electron chi connectivity index (χ0n) is 17.2. The molecule has 0 spiro atoms. The van der Waals surface area contributed by atoms with E-state index in [4.69, 9.17) is 4.74 Å². The first kappa shape index (κ1) is 21.7. The number of benzene rings is 2. The summed E-state index contributed by atoms with van der Waals surface area (Å²) in [5.41, 5.74) is 3.56.